The molecule has 0 aliphatic heterocycles. The number of nitrogens with one attached hydrogen (secondary N) is 1. The van der Waals surface area contributed by atoms with E-state index < -0.39 is 0 Å². The zero-order chi connectivity index (χ0) is 15.9. The fourth-order valence-corrected chi connectivity index (χ4v) is 3.73. The van der Waals surface area contributed by atoms with E-state index in [1.807, 2.05) is 0 Å². The quantitative estimate of drug-likeness (QED) is 0.468. The lowest BCUT2D eigenvalue weighted by molar-refractivity contribution is -0.118. The van der Waals surface area contributed by atoms with Gasteiger partial charge in [0.2, 0.25) is 5.91 Å². The molecule has 1 N–H and O–H groups in total. The lowest BCUT2D eigenvalue weighted by Crippen LogP contribution is -2.28. The molecule has 0 unspecified atom stereocenters. The summed E-state index contributed by atoms with van der Waals surface area (Å²) in [4.78, 5) is 11.6. The van der Waals surface area contributed by atoms with E-state index in [4.69, 9.17) is 17.0 Å². The monoisotopic (exact) mass is 359 g/mol. The minimum absolute atomic E-state index is 0.0866. The Balaban J connectivity index is 1.97. The summed E-state index contributed by atoms with van der Waals surface area (Å²) in [6.45, 7) is 0.962. The normalized spacial score (nSPS) is 10.6. The predicted molar refractivity (Wildman–Crippen MR) is 87.8 cm³/mol. The van der Waals surface area contributed by atoms with Crippen LogP contribution in [0.5, 0.6) is 0 Å². The Bertz CT molecular complexity index is 685. The van der Waals surface area contributed by atoms with Crippen molar-refractivity contribution in [3.63, 3.8) is 0 Å². The van der Waals surface area contributed by atoms with Crippen LogP contribution in [0.3, 0.4) is 0 Å². The van der Waals surface area contributed by atoms with E-state index in [9.17, 15) is 9.18 Å². The Labute approximate surface area is 140 Å². The highest BCUT2D eigenvalue weighted by molar-refractivity contribution is 8.01. The number of thioether (sulfide) groups is 1. The molecule has 2 aromatic rings. The lowest BCUT2D eigenvalue weighted by atomic mass is 10.3. The number of halogens is 1. The van der Waals surface area contributed by atoms with Gasteiger partial charge in [-0.2, -0.15) is 0 Å². The lowest BCUT2D eigenvalue weighted by Gasteiger charge is -2.02. The Morgan fingerprint density at radius 1 is 1.50 bits per heavy atom. The molecule has 0 saturated carbocycles. The second kappa shape index (κ2) is 8.37. The Hall–Kier alpha value is -1.29. The molecule has 0 radical (unpaired) electrons. The Morgan fingerprint density at radius 2 is 2.23 bits per heavy atom. The summed E-state index contributed by atoms with van der Waals surface area (Å²) in [6.07, 6.45) is 0. The van der Waals surface area contributed by atoms with Crippen LogP contribution < -0.4 is 5.32 Å². The highest BCUT2D eigenvalue weighted by Crippen LogP contribution is 2.23. The Morgan fingerprint density at radius 3 is 2.91 bits per heavy atom. The van der Waals surface area contributed by atoms with E-state index in [0.717, 1.165) is 0 Å². The van der Waals surface area contributed by atoms with Gasteiger partial charge in [-0.3, -0.25) is 4.79 Å². The number of hydrogen-bond donors (Lipinski definition) is 1. The molecule has 0 bridgehead atoms. The molecule has 118 valence electrons. The summed E-state index contributed by atoms with van der Waals surface area (Å²) in [6, 6.07) is 5.92. The minimum atomic E-state index is -0.312. The maximum Gasteiger partial charge on any atom is 0.230 e. The van der Waals surface area contributed by atoms with Crippen molar-refractivity contribution in [3.05, 3.63) is 34.0 Å². The molecule has 1 aromatic carbocycles. The van der Waals surface area contributed by atoms with Crippen LogP contribution in [0.2, 0.25) is 0 Å². The number of hydrogen-bond acceptors (Lipinski definition) is 6. The first kappa shape index (κ1) is 17.1. The number of ether oxygens (including phenoxy) is 1. The van der Waals surface area contributed by atoms with Gasteiger partial charge in [0.25, 0.3) is 0 Å². The van der Waals surface area contributed by atoms with Crippen molar-refractivity contribution in [3.8, 4) is 5.69 Å². The van der Waals surface area contributed by atoms with Gasteiger partial charge in [-0.05, 0) is 36.5 Å². The number of methoxy groups -OCH3 is 1. The molecule has 0 spiro atoms. The average Bonchev–Trinajstić information content (AvgIpc) is 2.87. The standard InChI is InChI=1S/C13H14FN3O2S3/c1-19-7-6-15-11(18)8-21-12-16-17(13(20)22-12)10-4-2-9(14)3-5-10/h2-5H,6-8H2,1H3,(H,15,18). The van der Waals surface area contributed by atoms with Crippen molar-refractivity contribution in [2.75, 3.05) is 26.0 Å². The number of rotatable bonds is 7. The predicted octanol–water partition coefficient (Wildman–Crippen LogP) is 2.66. The van der Waals surface area contributed by atoms with Gasteiger partial charge in [0.1, 0.15) is 5.82 Å². The minimum Gasteiger partial charge on any atom is -0.383 e. The van der Waals surface area contributed by atoms with Gasteiger partial charge in [-0.1, -0.05) is 23.1 Å². The van der Waals surface area contributed by atoms with Crippen LogP contribution in [0.25, 0.3) is 5.69 Å². The molecule has 1 heterocycles. The third-order valence-corrected chi connectivity index (χ3v) is 4.92. The van der Waals surface area contributed by atoms with Gasteiger partial charge in [0, 0.05) is 13.7 Å². The number of amides is 1. The first-order chi connectivity index (χ1) is 10.6. The second-order valence-corrected chi connectivity index (χ2v) is 7.00. The molecule has 9 heteroatoms. The SMILES string of the molecule is COCCNC(=O)CSc1nn(-c2ccc(F)cc2)c(=S)s1. The second-order valence-electron chi connectivity index (χ2n) is 4.15. The molecule has 0 fully saturated rings. The summed E-state index contributed by atoms with van der Waals surface area (Å²) >= 11 is 7.88. The van der Waals surface area contributed by atoms with Crippen LogP contribution in [0.1, 0.15) is 0 Å². The number of aromatic nitrogens is 2. The molecule has 0 atom stereocenters. The first-order valence-corrected chi connectivity index (χ1v) is 8.55. The van der Waals surface area contributed by atoms with Gasteiger partial charge in [-0.15, -0.1) is 5.10 Å². The van der Waals surface area contributed by atoms with Crippen LogP contribution in [0.15, 0.2) is 28.6 Å². The fraction of sp³-hybridized carbons (Fsp3) is 0.308. The van der Waals surface area contributed by atoms with E-state index in [1.165, 1.54) is 35.2 Å². The molecule has 1 amide bonds. The van der Waals surface area contributed by atoms with E-state index in [0.29, 0.717) is 27.1 Å². The maximum atomic E-state index is 12.9. The van der Waals surface area contributed by atoms with Crippen molar-refractivity contribution >= 4 is 41.2 Å². The van der Waals surface area contributed by atoms with E-state index in [2.05, 4.69) is 10.4 Å². The van der Waals surface area contributed by atoms with Gasteiger partial charge >= 0.3 is 0 Å². The summed E-state index contributed by atoms with van der Waals surface area (Å²) < 4.78 is 20.6. The highest BCUT2D eigenvalue weighted by Gasteiger charge is 2.09. The van der Waals surface area contributed by atoms with Gasteiger partial charge in [-0.25, -0.2) is 9.07 Å². The van der Waals surface area contributed by atoms with Crippen LogP contribution in [0.4, 0.5) is 4.39 Å². The van der Waals surface area contributed by atoms with Crippen LogP contribution in [0, 0.1) is 9.77 Å². The largest absolute Gasteiger partial charge is 0.383 e. The summed E-state index contributed by atoms with van der Waals surface area (Å²) in [5, 5.41) is 7.08. The van der Waals surface area contributed by atoms with E-state index >= 15 is 0 Å². The number of carbonyl (C=O) groups excluding carboxylic acids is 1. The fourth-order valence-electron chi connectivity index (χ4n) is 1.54. The third-order valence-electron chi connectivity index (χ3n) is 2.56. The van der Waals surface area contributed by atoms with E-state index in [-0.39, 0.29) is 17.5 Å². The van der Waals surface area contributed by atoms with Crippen molar-refractivity contribution in [1.82, 2.24) is 15.1 Å². The molecule has 0 aliphatic carbocycles. The maximum absolute atomic E-state index is 12.9. The van der Waals surface area contributed by atoms with Crippen LogP contribution in [-0.4, -0.2) is 41.7 Å². The molecule has 2 rings (SSSR count). The van der Waals surface area contributed by atoms with Gasteiger partial charge in [0.05, 0.1) is 18.0 Å². The molecule has 0 saturated heterocycles. The topological polar surface area (TPSA) is 56.1 Å². The van der Waals surface area contributed by atoms with Crippen LogP contribution in [-0.2, 0) is 9.53 Å². The van der Waals surface area contributed by atoms with Crippen molar-refractivity contribution < 1.29 is 13.9 Å². The van der Waals surface area contributed by atoms with Gasteiger partial charge in [0.15, 0.2) is 8.29 Å². The zero-order valence-corrected chi connectivity index (χ0v) is 14.2. The highest BCUT2D eigenvalue weighted by atomic mass is 32.2. The Kier molecular flexibility index (Phi) is 6.49. The molecule has 0 aliphatic rings. The zero-order valence-electron chi connectivity index (χ0n) is 11.7. The molecule has 1 aromatic heterocycles. The van der Waals surface area contributed by atoms with E-state index in [1.54, 1.807) is 23.9 Å². The van der Waals surface area contributed by atoms with Crippen molar-refractivity contribution in [1.29, 1.82) is 0 Å². The van der Waals surface area contributed by atoms with Crippen LogP contribution >= 0.6 is 35.3 Å². The molecular weight excluding hydrogens is 345 g/mol. The van der Waals surface area contributed by atoms with Crippen molar-refractivity contribution in [2.45, 2.75) is 4.34 Å². The van der Waals surface area contributed by atoms with Crippen molar-refractivity contribution in [2.24, 2.45) is 0 Å². The number of benzene rings is 1. The van der Waals surface area contributed by atoms with Gasteiger partial charge < -0.3 is 10.1 Å². The summed E-state index contributed by atoms with van der Waals surface area (Å²) in [5.41, 5.74) is 0.694. The smallest absolute Gasteiger partial charge is 0.230 e. The first-order valence-electron chi connectivity index (χ1n) is 6.34. The molecule has 22 heavy (non-hydrogen) atoms. The third kappa shape index (κ3) is 4.87. The number of nitrogens with zero attached hydrogens (tertiary/aromatic N) is 2. The summed E-state index contributed by atoms with van der Waals surface area (Å²) in [7, 11) is 1.58. The number of carbonyl (C=O) groups is 1. The molecule has 5 nitrogen and oxygen atoms in total. The molecular formula is C13H14FN3O2S3. The summed E-state index contributed by atoms with van der Waals surface area (Å²) in [5.74, 6) is -0.139. The average molecular weight is 359 g/mol.